The van der Waals surface area contributed by atoms with Gasteiger partial charge in [0, 0.05) is 5.92 Å². The van der Waals surface area contributed by atoms with Crippen LogP contribution in [0.5, 0.6) is 0 Å². The Bertz CT molecular complexity index is 513. The van der Waals surface area contributed by atoms with Gasteiger partial charge in [-0.25, -0.2) is 0 Å². The molecular formula is C20H26. The van der Waals surface area contributed by atoms with Crippen LogP contribution in [0.15, 0.2) is 36.0 Å². The molecular weight excluding hydrogens is 240 g/mol. The van der Waals surface area contributed by atoms with Crippen molar-refractivity contribution in [3.63, 3.8) is 0 Å². The molecule has 1 saturated carbocycles. The van der Waals surface area contributed by atoms with Crippen molar-refractivity contribution in [3.05, 3.63) is 36.0 Å². The van der Waals surface area contributed by atoms with Gasteiger partial charge in [0.2, 0.25) is 0 Å². The Morgan fingerprint density at radius 1 is 1.45 bits per heavy atom. The molecule has 0 N–H and O–H groups in total. The molecule has 3 aliphatic rings. The molecule has 0 radical (unpaired) electrons. The lowest BCUT2D eigenvalue weighted by atomic mass is 9.51. The third-order valence-electron chi connectivity index (χ3n) is 6.35. The van der Waals surface area contributed by atoms with E-state index in [1.165, 1.54) is 31.3 Å². The van der Waals surface area contributed by atoms with E-state index in [4.69, 9.17) is 6.42 Å². The molecule has 1 fully saturated rings. The van der Waals surface area contributed by atoms with Crippen LogP contribution in [0, 0.1) is 41.4 Å². The number of allylic oxidation sites excluding steroid dienone is 5. The van der Waals surface area contributed by atoms with Crippen LogP contribution in [0.3, 0.4) is 0 Å². The molecule has 0 nitrogen and oxygen atoms in total. The van der Waals surface area contributed by atoms with Gasteiger partial charge in [-0.3, -0.25) is 0 Å². The number of terminal acetylenes is 1. The van der Waals surface area contributed by atoms with E-state index in [2.05, 4.69) is 44.6 Å². The van der Waals surface area contributed by atoms with Crippen LogP contribution in [-0.4, -0.2) is 0 Å². The second kappa shape index (κ2) is 4.96. The summed E-state index contributed by atoms with van der Waals surface area (Å²) >= 11 is 0. The van der Waals surface area contributed by atoms with E-state index in [-0.39, 0.29) is 5.41 Å². The summed E-state index contributed by atoms with van der Waals surface area (Å²) in [6, 6.07) is 0. The van der Waals surface area contributed by atoms with Crippen molar-refractivity contribution in [2.24, 2.45) is 29.1 Å². The molecule has 0 heterocycles. The SMILES string of the molecule is C#CC1(C(=C)C)CCC2C3C=CCCC3=CCC2C1C. The molecule has 106 valence electrons. The maximum Gasteiger partial charge on any atom is 0.0543 e. The quantitative estimate of drug-likeness (QED) is 0.455. The highest BCUT2D eigenvalue weighted by molar-refractivity contribution is 5.30. The molecule has 0 aromatic heterocycles. The number of fused-ring (bicyclic) bond motifs is 3. The molecule has 3 rings (SSSR count). The standard InChI is InChI=1S/C20H26/c1-5-20(14(2)3)13-12-19-17(15(20)4)11-10-16-8-6-7-9-18(16)19/h1,7,9-10,15,17-19H,2,6,8,11-13H2,3-4H3. The molecule has 0 aliphatic heterocycles. The Labute approximate surface area is 124 Å². The molecule has 5 unspecified atom stereocenters. The minimum absolute atomic E-state index is 0.0646. The van der Waals surface area contributed by atoms with Crippen molar-refractivity contribution < 1.29 is 0 Å². The summed E-state index contributed by atoms with van der Waals surface area (Å²) < 4.78 is 0. The second-order valence-corrected chi connectivity index (χ2v) is 7.06. The summed E-state index contributed by atoms with van der Waals surface area (Å²) in [5.74, 6) is 5.92. The predicted molar refractivity (Wildman–Crippen MR) is 86.0 cm³/mol. The Hall–Kier alpha value is -1.22. The molecule has 20 heavy (non-hydrogen) atoms. The van der Waals surface area contributed by atoms with Gasteiger partial charge in [0.15, 0.2) is 0 Å². The smallest absolute Gasteiger partial charge is 0.0543 e. The molecule has 0 aromatic rings. The van der Waals surface area contributed by atoms with Gasteiger partial charge in [0.1, 0.15) is 0 Å². The summed E-state index contributed by atoms with van der Waals surface area (Å²) in [6.07, 6.45) is 19.4. The first kappa shape index (κ1) is 13.7. The summed E-state index contributed by atoms with van der Waals surface area (Å²) in [5.41, 5.74) is 2.83. The fourth-order valence-corrected chi connectivity index (χ4v) is 5.05. The van der Waals surface area contributed by atoms with E-state index in [1.807, 2.05) is 0 Å². The lowest BCUT2D eigenvalue weighted by Crippen LogP contribution is -2.45. The second-order valence-electron chi connectivity index (χ2n) is 7.06. The van der Waals surface area contributed by atoms with Gasteiger partial charge in [-0.05, 0) is 56.8 Å². The largest absolute Gasteiger partial charge is 0.119 e. The van der Waals surface area contributed by atoms with Crippen LogP contribution in [0.4, 0.5) is 0 Å². The van der Waals surface area contributed by atoms with Crippen molar-refractivity contribution in [2.45, 2.75) is 46.0 Å². The van der Waals surface area contributed by atoms with Crippen LogP contribution < -0.4 is 0 Å². The molecule has 0 aromatic carbocycles. The van der Waals surface area contributed by atoms with E-state index in [9.17, 15) is 0 Å². The molecule has 0 amide bonds. The normalized spacial score (nSPS) is 43.0. The van der Waals surface area contributed by atoms with Crippen molar-refractivity contribution >= 4 is 0 Å². The monoisotopic (exact) mass is 266 g/mol. The van der Waals surface area contributed by atoms with Gasteiger partial charge in [-0.2, -0.15) is 0 Å². The topological polar surface area (TPSA) is 0 Å². The minimum atomic E-state index is -0.0646. The van der Waals surface area contributed by atoms with Crippen LogP contribution in [0.25, 0.3) is 0 Å². The van der Waals surface area contributed by atoms with Gasteiger partial charge < -0.3 is 0 Å². The third-order valence-corrected chi connectivity index (χ3v) is 6.35. The Morgan fingerprint density at radius 3 is 2.95 bits per heavy atom. The number of hydrogen-bond acceptors (Lipinski definition) is 0. The number of hydrogen-bond donors (Lipinski definition) is 0. The van der Waals surface area contributed by atoms with Gasteiger partial charge >= 0.3 is 0 Å². The molecule has 5 atom stereocenters. The predicted octanol–water partition coefficient (Wildman–Crippen LogP) is 5.14. The highest BCUT2D eigenvalue weighted by Crippen LogP contribution is 2.56. The lowest BCUT2D eigenvalue weighted by molar-refractivity contribution is 0.0573. The van der Waals surface area contributed by atoms with Crippen LogP contribution >= 0.6 is 0 Å². The number of rotatable bonds is 1. The zero-order valence-corrected chi connectivity index (χ0v) is 12.9. The summed E-state index contributed by atoms with van der Waals surface area (Å²) in [7, 11) is 0. The first-order chi connectivity index (χ1) is 9.60. The Morgan fingerprint density at radius 2 is 2.25 bits per heavy atom. The average Bonchev–Trinajstić information content (AvgIpc) is 2.47. The van der Waals surface area contributed by atoms with Crippen molar-refractivity contribution in [3.8, 4) is 12.3 Å². The molecule has 0 saturated heterocycles. The average molecular weight is 266 g/mol. The van der Waals surface area contributed by atoms with E-state index in [0.717, 1.165) is 18.3 Å². The minimum Gasteiger partial charge on any atom is -0.119 e. The van der Waals surface area contributed by atoms with Gasteiger partial charge in [0.05, 0.1) is 5.41 Å². The van der Waals surface area contributed by atoms with E-state index < -0.39 is 0 Å². The third kappa shape index (κ3) is 1.83. The maximum atomic E-state index is 5.94. The summed E-state index contributed by atoms with van der Waals surface area (Å²) in [4.78, 5) is 0. The molecule has 0 spiro atoms. The zero-order valence-electron chi connectivity index (χ0n) is 12.9. The first-order valence-corrected chi connectivity index (χ1v) is 8.09. The van der Waals surface area contributed by atoms with Crippen molar-refractivity contribution in [2.75, 3.05) is 0 Å². The molecule has 0 heteroatoms. The van der Waals surface area contributed by atoms with E-state index >= 15 is 0 Å². The van der Waals surface area contributed by atoms with Gasteiger partial charge in [-0.1, -0.05) is 48.8 Å². The molecule has 0 bridgehead atoms. The maximum absolute atomic E-state index is 5.94. The van der Waals surface area contributed by atoms with Gasteiger partial charge in [-0.15, -0.1) is 6.42 Å². The first-order valence-electron chi connectivity index (χ1n) is 8.09. The van der Waals surface area contributed by atoms with Gasteiger partial charge in [0.25, 0.3) is 0 Å². The molecule has 3 aliphatic carbocycles. The Kier molecular flexibility index (Phi) is 3.41. The fourth-order valence-electron chi connectivity index (χ4n) is 5.05. The van der Waals surface area contributed by atoms with Crippen molar-refractivity contribution in [1.29, 1.82) is 0 Å². The van der Waals surface area contributed by atoms with Crippen LogP contribution in [0.2, 0.25) is 0 Å². The van der Waals surface area contributed by atoms with Crippen LogP contribution in [0.1, 0.15) is 46.0 Å². The van der Waals surface area contributed by atoms with E-state index in [0.29, 0.717) is 11.8 Å². The summed E-state index contributed by atoms with van der Waals surface area (Å²) in [5, 5.41) is 0. The van der Waals surface area contributed by atoms with Crippen LogP contribution in [-0.2, 0) is 0 Å². The fraction of sp³-hybridized carbons (Fsp3) is 0.600. The Balaban J connectivity index is 1.93. The lowest BCUT2D eigenvalue weighted by Gasteiger charge is -2.52. The summed E-state index contributed by atoms with van der Waals surface area (Å²) in [6.45, 7) is 8.72. The highest BCUT2D eigenvalue weighted by Gasteiger charge is 2.49. The van der Waals surface area contributed by atoms with Crippen molar-refractivity contribution in [1.82, 2.24) is 0 Å². The van der Waals surface area contributed by atoms with E-state index in [1.54, 1.807) is 5.57 Å². The zero-order chi connectivity index (χ0) is 14.3. The highest BCUT2D eigenvalue weighted by atomic mass is 14.5.